The molecular weight excluding hydrogens is 319 g/mol. The molecule has 26 heavy (non-hydrogen) atoms. The maximum Gasteiger partial charge on any atom is 0.127 e. The highest BCUT2D eigenvalue weighted by Crippen LogP contribution is 2.48. The van der Waals surface area contributed by atoms with Gasteiger partial charge in [-0.3, -0.25) is 0 Å². The summed E-state index contributed by atoms with van der Waals surface area (Å²) >= 11 is 0. The largest absolute Gasteiger partial charge is 0.207 e. The van der Waals surface area contributed by atoms with Gasteiger partial charge in [0, 0.05) is 11.3 Å². The molecule has 2 aliphatic rings. The van der Waals surface area contributed by atoms with E-state index < -0.39 is 0 Å². The molecule has 0 aliphatic heterocycles. The molecule has 0 atom stereocenters. The minimum absolute atomic E-state index is 0.0845. The van der Waals surface area contributed by atoms with Crippen molar-refractivity contribution in [2.45, 2.75) is 77.6 Å². The van der Waals surface area contributed by atoms with Crippen LogP contribution in [0, 0.1) is 23.1 Å². The van der Waals surface area contributed by atoms with E-state index >= 15 is 0 Å². The van der Waals surface area contributed by atoms with Gasteiger partial charge in [0.05, 0.1) is 0 Å². The summed E-state index contributed by atoms with van der Waals surface area (Å²) in [6.45, 7) is 4.60. The van der Waals surface area contributed by atoms with E-state index in [9.17, 15) is 4.39 Å². The lowest BCUT2D eigenvalue weighted by Gasteiger charge is -2.42. The van der Waals surface area contributed by atoms with Gasteiger partial charge in [-0.1, -0.05) is 94.9 Å². The number of halogens is 1. The van der Waals surface area contributed by atoms with Gasteiger partial charge in [-0.05, 0) is 42.7 Å². The number of allylic oxidation sites excluding steroid dienone is 4. The average molecular weight is 355 g/mol. The third-order valence-corrected chi connectivity index (χ3v) is 6.93. The van der Waals surface area contributed by atoms with E-state index in [1.54, 1.807) is 12.1 Å². The van der Waals surface area contributed by atoms with Gasteiger partial charge in [-0.2, -0.15) is 0 Å². The van der Waals surface area contributed by atoms with Crippen LogP contribution in [0.5, 0.6) is 0 Å². The van der Waals surface area contributed by atoms with Gasteiger partial charge in [0.15, 0.2) is 0 Å². The first-order valence-electron chi connectivity index (χ1n) is 10.8. The van der Waals surface area contributed by atoms with Crippen molar-refractivity contribution in [3.63, 3.8) is 0 Å². The summed E-state index contributed by atoms with van der Waals surface area (Å²) < 4.78 is 14.1. The summed E-state index contributed by atoms with van der Waals surface area (Å²) in [5.41, 5.74) is 0.986. The molecule has 0 heterocycles. The molecule has 1 heteroatoms. The monoisotopic (exact) mass is 354 g/mol. The SMILES string of the molecule is CCCCCC1CCC(C2(CC)C=CC(c3ccccc3F)C=C2)CC1. The highest BCUT2D eigenvalue weighted by Gasteiger charge is 2.37. The molecule has 0 N–H and O–H groups in total. The molecule has 1 saturated carbocycles. The Balaban J connectivity index is 1.62. The number of hydrogen-bond donors (Lipinski definition) is 0. The van der Waals surface area contributed by atoms with Crippen molar-refractivity contribution in [2.24, 2.45) is 17.3 Å². The minimum Gasteiger partial charge on any atom is -0.207 e. The molecule has 0 bridgehead atoms. The fourth-order valence-corrected chi connectivity index (χ4v) is 5.11. The predicted molar refractivity (Wildman–Crippen MR) is 110 cm³/mol. The van der Waals surface area contributed by atoms with E-state index in [2.05, 4.69) is 38.2 Å². The molecule has 0 unspecified atom stereocenters. The molecule has 3 rings (SSSR count). The third-order valence-electron chi connectivity index (χ3n) is 6.93. The normalized spacial score (nSPS) is 31.3. The molecule has 2 aliphatic carbocycles. The van der Waals surface area contributed by atoms with Crippen molar-refractivity contribution in [2.75, 3.05) is 0 Å². The van der Waals surface area contributed by atoms with Crippen LogP contribution in [0.3, 0.4) is 0 Å². The Morgan fingerprint density at radius 3 is 2.27 bits per heavy atom. The topological polar surface area (TPSA) is 0 Å². The first kappa shape index (κ1) is 19.4. The molecule has 1 aromatic rings. The van der Waals surface area contributed by atoms with Crippen molar-refractivity contribution in [3.8, 4) is 0 Å². The Bertz CT molecular complexity index is 605. The van der Waals surface area contributed by atoms with Crippen LogP contribution in [-0.2, 0) is 0 Å². The van der Waals surface area contributed by atoms with Crippen LogP contribution >= 0.6 is 0 Å². The zero-order valence-corrected chi connectivity index (χ0v) is 16.6. The fourth-order valence-electron chi connectivity index (χ4n) is 5.11. The van der Waals surface area contributed by atoms with Gasteiger partial charge in [0.2, 0.25) is 0 Å². The zero-order valence-electron chi connectivity index (χ0n) is 16.6. The molecule has 0 radical (unpaired) electrons. The van der Waals surface area contributed by atoms with Crippen molar-refractivity contribution in [3.05, 3.63) is 60.0 Å². The number of hydrogen-bond acceptors (Lipinski definition) is 0. The number of rotatable bonds is 7. The smallest absolute Gasteiger partial charge is 0.127 e. The van der Waals surface area contributed by atoms with E-state index in [1.807, 2.05) is 12.1 Å². The van der Waals surface area contributed by atoms with E-state index in [0.717, 1.165) is 23.8 Å². The first-order chi connectivity index (χ1) is 12.7. The fraction of sp³-hybridized carbons (Fsp3) is 0.600. The summed E-state index contributed by atoms with van der Waals surface area (Å²) in [4.78, 5) is 0. The Morgan fingerprint density at radius 2 is 1.65 bits per heavy atom. The summed E-state index contributed by atoms with van der Waals surface area (Å²) in [5.74, 6) is 1.70. The lowest BCUT2D eigenvalue weighted by Crippen LogP contribution is -2.31. The minimum atomic E-state index is -0.0941. The lowest BCUT2D eigenvalue weighted by atomic mass is 9.63. The van der Waals surface area contributed by atoms with Crippen LogP contribution < -0.4 is 0 Å². The summed E-state index contributed by atoms with van der Waals surface area (Å²) in [5, 5.41) is 0. The molecule has 142 valence electrons. The second kappa shape index (κ2) is 9.02. The number of benzene rings is 1. The van der Waals surface area contributed by atoms with Gasteiger partial charge in [-0.15, -0.1) is 0 Å². The van der Waals surface area contributed by atoms with Crippen molar-refractivity contribution < 1.29 is 4.39 Å². The zero-order chi connectivity index (χ0) is 18.4. The van der Waals surface area contributed by atoms with Gasteiger partial charge in [-0.25, -0.2) is 4.39 Å². The second-order valence-corrected chi connectivity index (χ2v) is 8.44. The quantitative estimate of drug-likeness (QED) is 0.346. The standard InChI is InChI=1S/C25H35F/c1-3-5-6-9-20-12-14-22(15-13-20)25(4-2)18-16-21(17-19-25)23-10-7-8-11-24(23)26/h7-8,10-11,16-22H,3-6,9,12-15H2,1-2H3. The van der Waals surface area contributed by atoms with Gasteiger partial charge >= 0.3 is 0 Å². The van der Waals surface area contributed by atoms with Crippen LogP contribution in [0.2, 0.25) is 0 Å². The van der Waals surface area contributed by atoms with Crippen LogP contribution in [0.15, 0.2) is 48.6 Å². The Hall–Kier alpha value is -1.37. The molecular formula is C25H35F. The predicted octanol–water partition coefficient (Wildman–Crippen LogP) is 7.82. The van der Waals surface area contributed by atoms with E-state index in [4.69, 9.17) is 0 Å². The summed E-state index contributed by atoms with van der Waals surface area (Å²) in [7, 11) is 0. The van der Waals surface area contributed by atoms with Crippen molar-refractivity contribution in [1.82, 2.24) is 0 Å². The Kier molecular flexibility index (Phi) is 6.73. The summed E-state index contributed by atoms with van der Waals surface area (Å²) in [6, 6.07) is 7.18. The van der Waals surface area contributed by atoms with Crippen LogP contribution in [0.25, 0.3) is 0 Å². The highest BCUT2D eigenvalue weighted by atomic mass is 19.1. The lowest BCUT2D eigenvalue weighted by molar-refractivity contribution is 0.169. The molecule has 0 amide bonds. The maximum atomic E-state index is 14.1. The molecule has 0 saturated heterocycles. The van der Waals surface area contributed by atoms with Gasteiger partial charge in [0.1, 0.15) is 5.82 Å². The van der Waals surface area contributed by atoms with Crippen LogP contribution in [-0.4, -0.2) is 0 Å². The van der Waals surface area contributed by atoms with Crippen molar-refractivity contribution in [1.29, 1.82) is 0 Å². The Labute approximate surface area is 159 Å². The molecule has 1 fully saturated rings. The maximum absolute atomic E-state index is 14.1. The van der Waals surface area contributed by atoms with E-state index in [1.165, 1.54) is 51.4 Å². The van der Waals surface area contributed by atoms with E-state index in [0.29, 0.717) is 0 Å². The molecule has 0 spiro atoms. The van der Waals surface area contributed by atoms with Crippen molar-refractivity contribution >= 4 is 0 Å². The Morgan fingerprint density at radius 1 is 0.962 bits per heavy atom. The third kappa shape index (κ3) is 4.30. The molecule has 0 nitrogen and oxygen atoms in total. The van der Waals surface area contributed by atoms with Crippen LogP contribution in [0.4, 0.5) is 4.39 Å². The first-order valence-corrected chi connectivity index (χ1v) is 10.8. The van der Waals surface area contributed by atoms with Gasteiger partial charge < -0.3 is 0 Å². The highest BCUT2D eigenvalue weighted by molar-refractivity contribution is 5.35. The average Bonchev–Trinajstić information content (AvgIpc) is 2.69. The van der Waals surface area contributed by atoms with E-state index in [-0.39, 0.29) is 17.2 Å². The number of unbranched alkanes of at least 4 members (excludes halogenated alkanes) is 2. The van der Waals surface area contributed by atoms with Gasteiger partial charge in [0.25, 0.3) is 0 Å². The van der Waals surface area contributed by atoms with Crippen LogP contribution in [0.1, 0.15) is 83.1 Å². The second-order valence-electron chi connectivity index (χ2n) is 8.44. The summed E-state index contributed by atoms with van der Waals surface area (Å²) in [6.07, 6.45) is 21.5. The molecule has 0 aromatic heterocycles. The molecule has 1 aromatic carbocycles.